The lowest BCUT2D eigenvalue weighted by molar-refractivity contribution is 0.117. The van der Waals surface area contributed by atoms with Gasteiger partial charge in [0.1, 0.15) is 5.01 Å². The first-order valence-corrected chi connectivity index (χ1v) is 9.25. The van der Waals surface area contributed by atoms with Crippen LogP contribution < -0.4 is 10.6 Å². The van der Waals surface area contributed by atoms with Gasteiger partial charge in [-0.25, -0.2) is 9.78 Å². The summed E-state index contributed by atoms with van der Waals surface area (Å²) in [4.78, 5) is 16.8. The van der Waals surface area contributed by atoms with Gasteiger partial charge < -0.3 is 15.7 Å². The first kappa shape index (κ1) is 16.9. The largest absolute Gasteiger partial charge is 0.393 e. The van der Waals surface area contributed by atoms with Crippen LogP contribution in [0.25, 0.3) is 11.3 Å². The number of benzene rings is 1. The van der Waals surface area contributed by atoms with Gasteiger partial charge in [0, 0.05) is 17.0 Å². The summed E-state index contributed by atoms with van der Waals surface area (Å²) in [5, 5.41) is 18.4. The molecule has 24 heavy (non-hydrogen) atoms. The van der Waals surface area contributed by atoms with E-state index in [4.69, 9.17) is 0 Å². The molecule has 1 atom stereocenters. The van der Waals surface area contributed by atoms with Crippen LogP contribution in [0, 0.1) is 0 Å². The molecule has 6 heteroatoms. The number of urea groups is 1. The summed E-state index contributed by atoms with van der Waals surface area (Å²) in [6.45, 7) is 1.94. The Balaban J connectivity index is 1.54. The Morgan fingerprint density at radius 1 is 1.25 bits per heavy atom. The fraction of sp³-hybridized carbons (Fsp3) is 0.444. The highest BCUT2D eigenvalue weighted by Crippen LogP contribution is 2.25. The maximum Gasteiger partial charge on any atom is 0.315 e. The monoisotopic (exact) mass is 345 g/mol. The Kier molecular flexibility index (Phi) is 5.48. The maximum absolute atomic E-state index is 12.1. The van der Waals surface area contributed by atoms with Crippen LogP contribution in [-0.4, -0.2) is 28.3 Å². The average molecular weight is 345 g/mol. The summed E-state index contributed by atoms with van der Waals surface area (Å²) in [6.07, 6.45) is 2.97. The van der Waals surface area contributed by atoms with E-state index in [0.717, 1.165) is 41.9 Å². The molecule has 5 nitrogen and oxygen atoms in total. The van der Waals surface area contributed by atoms with Crippen LogP contribution >= 0.6 is 11.3 Å². The molecule has 1 saturated carbocycles. The number of carbonyl (C=O) groups is 1. The summed E-state index contributed by atoms with van der Waals surface area (Å²) in [6, 6.07) is 9.87. The Bertz CT molecular complexity index is 666. The number of carbonyl (C=O) groups excluding carboxylic acids is 1. The van der Waals surface area contributed by atoms with Crippen molar-refractivity contribution in [3.05, 3.63) is 40.7 Å². The predicted molar refractivity (Wildman–Crippen MR) is 95.9 cm³/mol. The van der Waals surface area contributed by atoms with E-state index in [1.807, 2.05) is 42.6 Å². The lowest BCUT2D eigenvalue weighted by Gasteiger charge is -2.26. The first-order chi connectivity index (χ1) is 11.6. The number of aliphatic hydroxyl groups is 1. The first-order valence-electron chi connectivity index (χ1n) is 8.38. The Morgan fingerprint density at radius 3 is 2.67 bits per heavy atom. The number of aromatic nitrogens is 1. The molecular weight excluding hydrogens is 322 g/mol. The second-order valence-electron chi connectivity index (χ2n) is 6.28. The van der Waals surface area contributed by atoms with Crippen molar-refractivity contribution >= 4 is 17.4 Å². The van der Waals surface area contributed by atoms with Gasteiger partial charge in [0.15, 0.2) is 0 Å². The molecule has 1 aromatic carbocycles. The molecule has 0 saturated heterocycles. The second kappa shape index (κ2) is 7.77. The minimum Gasteiger partial charge on any atom is -0.393 e. The van der Waals surface area contributed by atoms with E-state index in [2.05, 4.69) is 15.6 Å². The molecule has 1 aromatic heterocycles. The molecule has 2 aromatic rings. The number of hydrogen-bond acceptors (Lipinski definition) is 4. The molecule has 0 bridgehead atoms. The molecule has 0 unspecified atom stereocenters. The van der Waals surface area contributed by atoms with Crippen LogP contribution in [0.4, 0.5) is 4.79 Å². The van der Waals surface area contributed by atoms with E-state index in [-0.39, 0.29) is 24.2 Å². The highest BCUT2D eigenvalue weighted by Gasteiger charge is 2.22. The maximum atomic E-state index is 12.1. The number of nitrogens with zero attached hydrogens (tertiary/aromatic N) is 1. The molecule has 3 rings (SSSR count). The number of thiazole rings is 1. The van der Waals surface area contributed by atoms with Crippen molar-refractivity contribution in [1.29, 1.82) is 0 Å². The topological polar surface area (TPSA) is 74.2 Å². The lowest BCUT2D eigenvalue weighted by atomic mass is 9.93. The zero-order valence-corrected chi connectivity index (χ0v) is 14.6. The number of hydrogen-bond donors (Lipinski definition) is 3. The van der Waals surface area contributed by atoms with E-state index in [9.17, 15) is 9.90 Å². The molecule has 2 amide bonds. The SMILES string of the molecule is C[C@@H](NC(=O)NC1CCC(O)CC1)c1nc(-c2ccccc2)cs1. The minimum atomic E-state index is -0.211. The Hall–Kier alpha value is -1.92. The van der Waals surface area contributed by atoms with Gasteiger partial charge in [-0.05, 0) is 32.6 Å². The molecule has 0 aliphatic heterocycles. The quantitative estimate of drug-likeness (QED) is 0.794. The average Bonchev–Trinajstić information content (AvgIpc) is 3.08. The third kappa shape index (κ3) is 4.33. The number of amides is 2. The summed E-state index contributed by atoms with van der Waals surface area (Å²) in [5.74, 6) is 0. The van der Waals surface area contributed by atoms with Crippen molar-refractivity contribution < 1.29 is 9.90 Å². The van der Waals surface area contributed by atoms with Crippen molar-refractivity contribution in [1.82, 2.24) is 15.6 Å². The van der Waals surface area contributed by atoms with Gasteiger partial charge in [-0.15, -0.1) is 11.3 Å². The minimum absolute atomic E-state index is 0.137. The van der Waals surface area contributed by atoms with E-state index in [1.54, 1.807) is 11.3 Å². The smallest absolute Gasteiger partial charge is 0.315 e. The normalized spacial score (nSPS) is 21.9. The van der Waals surface area contributed by atoms with Gasteiger partial charge in [0.05, 0.1) is 17.8 Å². The number of rotatable bonds is 4. The summed E-state index contributed by atoms with van der Waals surface area (Å²) in [7, 11) is 0. The lowest BCUT2D eigenvalue weighted by Crippen LogP contribution is -2.44. The fourth-order valence-electron chi connectivity index (χ4n) is 2.93. The van der Waals surface area contributed by atoms with Gasteiger partial charge in [-0.1, -0.05) is 30.3 Å². The highest BCUT2D eigenvalue weighted by molar-refractivity contribution is 7.10. The van der Waals surface area contributed by atoms with Crippen molar-refractivity contribution in [2.75, 3.05) is 0 Å². The van der Waals surface area contributed by atoms with E-state index < -0.39 is 0 Å². The van der Waals surface area contributed by atoms with Crippen molar-refractivity contribution in [3.8, 4) is 11.3 Å². The van der Waals surface area contributed by atoms with E-state index in [0.29, 0.717) is 0 Å². The van der Waals surface area contributed by atoms with Crippen molar-refractivity contribution in [2.45, 2.75) is 50.8 Å². The second-order valence-corrected chi connectivity index (χ2v) is 7.17. The van der Waals surface area contributed by atoms with Gasteiger partial charge in [-0.2, -0.15) is 0 Å². The van der Waals surface area contributed by atoms with Crippen molar-refractivity contribution in [3.63, 3.8) is 0 Å². The van der Waals surface area contributed by atoms with Gasteiger partial charge >= 0.3 is 6.03 Å². The fourth-order valence-corrected chi connectivity index (χ4v) is 3.77. The van der Waals surface area contributed by atoms with E-state index >= 15 is 0 Å². The molecular formula is C18H23N3O2S. The standard InChI is InChI=1S/C18H23N3O2S/c1-12(19-18(23)20-14-7-9-15(22)10-8-14)17-21-16(11-24-17)13-5-3-2-4-6-13/h2-6,11-12,14-15,22H,7-10H2,1H3,(H2,19,20,23)/t12-,14?,15?/m1/s1. The highest BCUT2D eigenvalue weighted by atomic mass is 32.1. The molecule has 1 fully saturated rings. The van der Waals surface area contributed by atoms with Crippen LogP contribution in [-0.2, 0) is 0 Å². The molecule has 1 aliphatic carbocycles. The van der Waals surface area contributed by atoms with E-state index in [1.165, 1.54) is 0 Å². The molecule has 1 aliphatic rings. The van der Waals surface area contributed by atoms with Gasteiger partial charge in [0.25, 0.3) is 0 Å². The van der Waals surface area contributed by atoms with Crippen LogP contribution in [0.1, 0.15) is 43.7 Å². The molecule has 3 N–H and O–H groups in total. The van der Waals surface area contributed by atoms with Gasteiger partial charge in [-0.3, -0.25) is 0 Å². The Morgan fingerprint density at radius 2 is 1.96 bits per heavy atom. The van der Waals surface area contributed by atoms with Gasteiger partial charge in [0.2, 0.25) is 0 Å². The predicted octanol–water partition coefficient (Wildman–Crippen LogP) is 3.47. The molecule has 0 spiro atoms. The third-order valence-electron chi connectivity index (χ3n) is 4.34. The van der Waals surface area contributed by atoms with Crippen LogP contribution in [0.2, 0.25) is 0 Å². The molecule has 0 radical (unpaired) electrons. The zero-order valence-electron chi connectivity index (χ0n) is 13.7. The Labute approximate surface area is 146 Å². The summed E-state index contributed by atoms with van der Waals surface area (Å²) < 4.78 is 0. The van der Waals surface area contributed by atoms with Crippen molar-refractivity contribution in [2.24, 2.45) is 0 Å². The summed E-state index contributed by atoms with van der Waals surface area (Å²) >= 11 is 1.55. The number of aliphatic hydroxyl groups excluding tert-OH is 1. The van der Waals surface area contributed by atoms with Crippen LogP contribution in [0.3, 0.4) is 0 Å². The third-order valence-corrected chi connectivity index (χ3v) is 5.37. The summed E-state index contributed by atoms with van der Waals surface area (Å²) in [5.41, 5.74) is 2.02. The van der Waals surface area contributed by atoms with Crippen LogP contribution in [0.5, 0.6) is 0 Å². The van der Waals surface area contributed by atoms with Crippen LogP contribution in [0.15, 0.2) is 35.7 Å². The molecule has 1 heterocycles. The number of nitrogens with one attached hydrogen (secondary N) is 2. The molecule has 128 valence electrons. The zero-order chi connectivity index (χ0) is 16.9.